The van der Waals surface area contributed by atoms with Crippen molar-refractivity contribution in [1.82, 2.24) is 9.13 Å². The average molecular weight is 663 g/mol. The van der Waals surface area contributed by atoms with E-state index in [-0.39, 0.29) is 6.04 Å². The molecule has 2 atom stereocenters. The second kappa shape index (κ2) is 13.5. The van der Waals surface area contributed by atoms with E-state index in [1.807, 2.05) is 0 Å². The Balaban J connectivity index is 1.42. The van der Waals surface area contributed by atoms with Gasteiger partial charge in [0.1, 0.15) is 47.9 Å². The molecule has 2 aliphatic heterocycles. The Morgan fingerprint density at radius 3 is 2.16 bits per heavy atom. The van der Waals surface area contributed by atoms with Gasteiger partial charge in [-0.25, -0.2) is 4.57 Å². The fourth-order valence-corrected chi connectivity index (χ4v) is 8.70. The first kappa shape index (κ1) is 33.8. The minimum Gasteiger partial charge on any atom is -0.226 e. The summed E-state index contributed by atoms with van der Waals surface area (Å²) in [6.07, 6.45) is 15.3. The second-order valence-corrected chi connectivity index (χ2v) is 15.3. The SMILES string of the molecule is C=C1CC2C(CCc3ccccc3-c3n1cc[n+]3C(=C)/C(=C\CC)C(C)C)c1ccccc1-c1n(-c3c(C(C)C)cccc3C(C)C)cc[n+]12. The second-order valence-electron chi connectivity index (χ2n) is 15.3. The molecule has 0 saturated carbocycles. The van der Waals surface area contributed by atoms with Gasteiger partial charge in [0.05, 0.1) is 17.5 Å². The zero-order valence-electron chi connectivity index (χ0n) is 31.2. The summed E-state index contributed by atoms with van der Waals surface area (Å²) in [5.41, 5.74) is 12.9. The van der Waals surface area contributed by atoms with E-state index in [9.17, 15) is 0 Å². The number of aromatic nitrogens is 4. The topological polar surface area (TPSA) is 17.6 Å². The molecule has 0 N–H and O–H groups in total. The summed E-state index contributed by atoms with van der Waals surface area (Å²) in [5, 5.41) is 0. The molecule has 7 rings (SSSR count). The molecule has 256 valence electrons. The van der Waals surface area contributed by atoms with Crippen LogP contribution in [0, 0.1) is 5.92 Å². The van der Waals surface area contributed by atoms with Crippen LogP contribution in [0.3, 0.4) is 0 Å². The Kier molecular flexibility index (Phi) is 9.15. The molecule has 0 amide bonds. The molecule has 2 aliphatic rings. The maximum Gasteiger partial charge on any atom is 0.299 e. The van der Waals surface area contributed by atoms with Crippen LogP contribution in [0.5, 0.6) is 0 Å². The molecule has 0 aliphatic carbocycles. The third kappa shape index (κ3) is 5.63. The number of aryl methyl sites for hydroxylation is 1. The largest absolute Gasteiger partial charge is 0.299 e. The van der Waals surface area contributed by atoms with E-state index in [1.54, 1.807) is 0 Å². The van der Waals surface area contributed by atoms with Gasteiger partial charge in [0.15, 0.2) is 0 Å². The van der Waals surface area contributed by atoms with Crippen molar-refractivity contribution in [2.75, 3.05) is 0 Å². The number of benzene rings is 3. The van der Waals surface area contributed by atoms with Gasteiger partial charge in [0.2, 0.25) is 0 Å². The molecular formula is C46H54N4+2. The maximum absolute atomic E-state index is 4.84. The molecule has 0 saturated heterocycles. The minimum atomic E-state index is 0.214. The highest BCUT2D eigenvalue weighted by Crippen LogP contribution is 2.46. The summed E-state index contributed by atoms with van der Waals surface area (Å²) < 4.78 is 9.75. The van der Waals surface area contributed by atoms with E-state index in [2.05, 4.69) is 171 Å². The van der Waals surface area contributed by atoms with Crippen molar-refractivity contribution in [1.29, 1.82) is 0 Å². The van der Waals surface area contributed by atoms with E-state index < -0.39 is 0 Å². The van der Waals surface area contributed by atoms with Crippen LogP contribution in [-0.4, -0.2) is 9.13 Å². The number of para-hydroxylation sites is 1. The third-order valence-electron chi connectivity index (χ3n) is 11.1. The summed E-state index contributed by atoms with van der Waals surface area (Å²) in [6.45, 7) is 25.5. The Hall–Kier alpha value is -4.70. The first-order valence-electron chi connectivity index (χ1n) is 18.8. The molecular weight excluding hydrogens is 609 g/mol. The fraction of sp³-hybridized carbons (Fsp3) is 0.348. The van der Waals surface area contributed by atoms with Gasteiger partial charge in [-0.1, -0.05) is 122 Å². The van der Waals surface area contributed by atoms with Gasteiger partial charge in [-0.3, -0.25) is 0 Å². The van der Waals surface area contributed by atoms with Crippen molar-refractivity contribution in [3.8, 4) is 28.5 Å². The number of fused-ring (bicyclic) bond motifs is 9. The number of hydrogen-bond donors (Lipinski definition) is 0. The molecule has 4 nitrogen and oxygen atoms in total. The maximum atomic E-state index is 4.84. The molecule has 0 spiro atoms. The number of nitrogens with zero attached hydrogens (tertiary/aromatic N) is 4. The predicted octanol–water partition coefficient (Wildman–Crippen LogP) is 11.0. The molecule has 50 heavy (non-hydrogen) atoms. The van der Waals surface area contributed by atoms with Crippen molar-refractivity contribution >= 4 is 11.4 Å². The Morgan fingerprint density at radius 2 is 1.48 bits per heavy atom. The molecule has 2 aromatic heterocycles. The minimum absolute atomic E-state index is 0.214. The van der Waals surface area contributed by atoms with E-state index in [0.29, 0.717) is 23.7 Å². The highest BCUT2D eigenvalue weighted by atomic mass is 15.2. The first-order chi connectivity index (χ1) is 24.1. The molecule has 0 fully saturated rings. The molecule has 3 aromatic carbocycles. The van der Waals surface area contributed by atoms with Crippen LogP contribution in [0.25, 0.3) is 39.9 Å². The third-order valence-corrected chi connectivity index (χ3v) is 11.1. The Bertz CT molecular complexity index is 2090. The summed E-state index contributed by atoms with van der Waals surface area (Å²) in [7, 11) is 0. The van der Waals surface area contributed by atoms with Crippen LogP contribution in [0.4, 0.5) is 0 Å². The molecule has 0 bridgehead atoms. The van der Waals surface area contributed by atoms with Gasteiger partial charge in [-0.2, -0.15) is 13.7 Å². The summed E-state index contributed by atoms with van der Waals surface area (Å²) in [5.74, 6) is 3.94. The fourth-order valence-electron chi connectivity index (χ4n) is 8.70. The van der Waals surface area contributed by atoms with Gasteiger partial charge < -0.3 is 0 Å². The number of imidazole rings is 2. The zero-order valence-corrected chi connectivity index (χ0v) is 31.2. The normalized spacial score (nSPS) is 17.3. The Labute approximate surface area is 299 Å². The van der Waals surface area contributed by atoms with Gasteiger partial charge in [0.25, 0.3) is 11.6 Å². The van der Waals surface area contributed by atoms with Gasteiger partial charge in [-0.15, -0.1) is 0 Å². The monoisotopic (exact) mass is 662 g/mol. The highest BCUT2D eigenvalue weighted by Gasteiger charge is 2.43. The number of allylic oxidation sites excluding steroid dienone is 4. The average Bonchev–Trinajstić information content (AvgIpc) is 3.75. The van der Waals surface area contributed by atoms with Gasteiger partial charge in [0, 0.05) is 17.0 Å². The number of rotatable bonds is 7. The summed E-state index contributed by atoms with van der Waals surface area (Å²) in [6, 6.07) is 25.2. The van der Waals surface area contributed by atoms with Crippen LogP contribution in [0.15, 0.2) is 116 Å². The number of hydrogen-bond acceptors (Lipinski definition) is 0. The van der Waals surface area contributed by atoms with E-state index in [1.165, 1.54) is 50.5 Å². The lowest BCUT2D eigenvalue weighted by Crippen LogP contribution is -2.47. The first-order valence-corrected chi connectivity index (χ1v) is 18.8. The van der Waals surface area contributed by atoms with Gasteiger partial charge in [-0.05, 0) is 65.8 Å². The lowest BCUT2D eigenvalue weighted by Gasteiger charge is -2.32. The van der Waals surface area contributed by atoms with Crippen LogP contribution in [0.1, 0.15) is 114 Å². The van der Waals surface area contributed by atoms with Crippen molar-refractivity contribution in [3.63, 3.8) is 0 Å². The highest BCUT2D eigenvalue weighted by molar-refractivity contribution is 5.68. The standard InChI is InChI=1S/C46H54N4/c1-10-16-36(30(2)3)34(9)48-26-25-47-33(8)29-43-41(24-23-35-17-11-12-18-39(35)45(47)48)40-19-13-14-20-42(40)46-49(43)27-28-50(46)44-37(31(4)5)21-15-22-38(44)32(6)7/h11-22,25-28,30-32,41,43H,8-10,23-24,29H2,1-7H3/q+2/b36-16-. The van der Waals surface area contributed by atoms with Crippen LogP contribution < -0.4 is 9.13 Å². The molecule has 4 heterocycles. The van der Waals surface area contributed by atoms with E-state index in [4.69, 9.17) is 6.58 Å². The van der Waals surface area contributed by atoms with Crippen LogP contribution >= 0.6 is 0 Å². The van der Waals surface area contributed by atoms with E-state index in [0.717, 1.165) is 42.9 Å². The molecule has 0 radical (unpaired) electrons. The lowest BCUT2D eigenvalue weighted by molar-refractivity contribution is -0.716. The van der Waals surface area contributed by atoms with Gasteiger partial charge >= 0.3 is 0 Å². The van der Waals surface area contributed by atoms with Crippen molar-refractivity contribution < 1.29 is 9.13 Å². The smallest absolute Gasteiger partial charge is 0.226 e. The molecule has 2 unspecified atom stereocenters. The van der Waals surface area contributed by atoms with Crippen molar-refractivity contribution in [3.05, 3.63) is 139 Å². The van der Waals surface area contributed by atoms with Crippen molar-refractivity contribution in [2.24, 2.45) is 5.92 Å². The predicted molar refractivity (Wildman–Crippen MR) is 208 cm³/mol. The quantitative estimate of drug-likeness (QED) is 0.122. The van der Waals surface area contributed by atoms with E-state index >= 15 is 0 Å². The Morgan fingerprint density at radius 1 is 0.820 bits per heavy atom. The summed E-state index contributed by atoms with van der Waals surface area (Å²) in [4.78, 5) is 0. The zero-order chi connectivity index (χ0) is 35.3. The van der Waals surface area contributed by atoms with Crippen molar-refractivity contribution in [2.45, 2.75) is 97.9 Å². The lowest BCUT2D eigenvalue weighted by atomic mass is 9.78. The molecule has 5 aromatic rings. The van der Waals surface area contributed by atoms with Crippen LogP contribution in [0.2, 0.25) is 0 Å². The summed E-state index contributed by atoms with van der Waals surface area (Å²) >= 11 is 0. The molecule has 4 heteroatoms. The van der Waals surface area contributed by atoms with Crippen LogP contribution in [-0.2, 0) is 6.42 Å².